The molecule has 2 aromatic heterocycles. The van der Waals surface area contributed by atoms with E-state index >= 15 is 0 Å². The van der Waals surface area contributed by atoms with Crippen LogP contribution in [0.5, 0.6) is 0 Å². The van der Waals surface area contributed by atoms with Gasteiger partial charge < -0.3 is 9.42 Å². The highest BCUT2D eigenvalue weighted by Gasteiger charge is 2.36. The van der Waals surface area contributed by atoms with E-state index in [4.69, 9.17) is 4.52 Å². The number of rotatable bonds is 3. The third-order valence-corrected chi connectivity index (χ3v) is 5.44. The minimum atomic E-state index is -3.52. The number of nitrogens with zero attached hydrogens (tertiary/aromatic N) is 6. The van der Waals surface area contributed by atoms with Gasteiger partial charge in [-0.3, -0.25) is 9.78 Å². The third kappa shape index (κ3) is 3.88. The van der Waals surface area contributed by atoms with Gasteiger partial charge in [-0.1, -0.05) is 5.16 Å². The number of carbonyl (C=O) groups is 1. The summed E-state index contributed by atoms with van der Waals surface area (Å²) in [5.74, 6) is 0.381. The predicted molar refractivity (Wildman–Crippen MR) is 90.6 cm³/mol. The first-order valence-corrected chi connectivity index (χ1v) is 9.95. The van der Waals surface area contributed by atoms with Gasteiger partial charge in [-0.25, -0.2) is 13.4 Å². The van der Waals surface area contributed by atoms with Crippen molar-refractivity contribution in [3.8, 4) is 0 Å². The molecule has 1 unspecified atom stereocenters. The van der Waals surface area contributed by atoms with Crippen LogP contribution in [0.1, 0.15) is 40.4 Å². The summed E-state index contributed by atoms with van der Waals surface area (Å²) in [6, 6.07) is -0.604. The molecular weight excluding hydrogens is 360 g/mol. The molecule has 26 heavy (non-hydrogen) atoms. The molecule has 0 radical (unpaired) electrons. The maximum Gasteiger partial charge on any atom is 0.274 e. The number of hydrogen-bond donors (Lipinski definition) is 0. The predicted octanol–water partition coefficient (Wildman–Crippen LogP) is 0.325. The van der Waals surface area contributed by atoms with Gasteiger partial charge in [-0.15, -0.1) is 0 Å². The van der Waals surface area contributed by atoms with Crippen LogP contribution in [0.2, 0.25) is 0 Å². The summed E-state index contributed by atoms with van der Waals surface area (Å²) < 4.78 is 30.9. The number of hydrogen-bond acceptors (Lipinski definition) is 8. The lowest BCUT2D eigenvalue weighted by Gasteiger charge is -2.24. The van der Waals surface area contributed by atoms with Crippen LogP contribution in [0, 0.1) is 13.8 Å². The smallest absolute Gasteiger partial charge is 0.274 e. The molecule has 0 aliphatic carbocycles. The molecule has 2 aromatic rings. The van der Waals surface area contributed by atoms with Gasteiger partial charge >= 0.3 is 0 Å². The second-order valence-electron chi connectivity index (χ2n) is 6.19. The van der Waals surface area contributed by atoms with E-state index in [9.17, 15) is 13.2 Å². The van der Waals surface area contributed by atoms with Crippen LogP contribution in [0.15, 0.2) is 16.9 Å². The lowest BCUT2D eigenvalue weighted by molar-refractivity contribution is 0.0757. The van der Waals surface area contributed by atoms with Gasteiger partial charge in [0, 0.05) is 25.8 Å². The van der Waals surface area contributed by atoms with Crippen LogP contribution >= 0.6 is 0 Å². The van der Waals surface area contributed by atoms with Crippen LogP contribution in [-0.2, 0) is 10.0 Å². The highest BCUT2D eigenvalue weighted by molar-refractivity contribution is 7.88. The molecule has 1 aliphatic heterocycles. The summed E-state index contributed by atoms with van der Waals surface area (Å²) in [7, 11) is -3.52. The largest absolute Gasteiger partial charge is 0.338 e. The Labute approximate surface area is 151 Å². The minimum Gasteiger partial charge on any atom is -0.338 e. The molecule has 1 aliphatic rings. The molecule has 1 atom stereocenters. The first-order valence-electron chi connectivity index (χ1n) is 8.10. The van der Waals surface area contributed by atoms with E-state index < -0.39 is 16.1 Å². The lowest BCUT2D eigenvalue weighted by atomic mass is 10.2. The van der Waals surface area contributed by atoms with Crippen molar-refractivity contribution < 1.29 is 17.7 Å². The van der Waals surface area contributed by atoms with E-state index in [1.165, 1.54) is 16.7 Å². The van der Waals surface area contributed by atoms with E-state index in [0.29, 0.717) is 24.5 Å². The van der Waals surface area contributed by atoms with E-state index in [0.717, 1.165) is 6.26 Å². The van der Waals surface area contributed by atoms with Crippen LogP contribution in [0.25, 0.3) is 0 Å². The van der Waals surface area contributed by atoms with Crippen molar-refractivity contribution >= 4 is 15.9 Å². The summed E-state index contributed by atoms with van der Waals surface area (Å²) in [5, 5.41) is 3.74. The highest BCUT2D eigenvalue weighted by atomic mass is 32.2. The van der Waals surface area contributed by atoms with Crippen molar-refractivity contribution in [1.82, 2.24) is 29.3 Å². The van der Waals surface area contributed by atoms with Crippen molar-refractivity contribution in [1.29, 1.82) is 0 Å². The maximum absolute atomic E-state index is 12.7. The number of sulfonamides is 1. The van der Waals surface area contributed by atoms with Gasteiger partial charge in [0.15, 0.2) is 5.82 Å². The van der Waals surface area contributed by atoms with Crippen molar-refractivity contribution in [2.75, 3.05) is 25.9 Å². The van der Waals surface area contributed by atoms with Crippen LogP contribution in [0.3, 0.4) is 0 Å². The standard InChI is InChI=1S/C15H20N6O4S/c1-10-8-17-12(9-16-10)15(22)20-5-4-13(14-18-11(2)19-25-14)21(7-6-20)26(3,23)24/h8-9,13H,4-7H2,1-3H3. The second-order valence-corrected chi connectivity index (χ2v) is 8.13. The van der Waals surface area contributed by atoms with E-state index in [2.05, 4.69) is 20.1 Å². The molecule has 11 heteroatoms. The van der Waals surface area contributed by atoms with Crippen LogP contribution in [-0.4, -0.2) is 69.5 Å². The molecular formula is C15H20N6O4S. The molecule has 1 fully saturated rings. The molecule has 0 N–H and O–H groups in total. The van der Waals surface area contributed by atoms with Gasteiger partial charge in [0.1, 0.15) is 11.7 Å². The molecule has 3 rings (SSSR count). The number of aromatic nitrogens is 4. The monoisotopic (exact) mass is 380 g/mol. The van der Waals surface area contributed by atoms with Crippen LogP contribution < -0.4 is 0 Å². The Kier molecular flexibility index (Phi) is 5.01. The fourth-order valence-electron chi connectivity index (χ4n) is 2.87. The Morgan fingerprint density at radius 3 is 2.54 bits per heavy atom. The number of amides is 1. The minimum absolute atomic E-state index is 0.135. The van der Waals surface area contributed by atoms with Crippen LogP contribution in [0.4, 0.5) is 0 Å². The fraction of sp³-hybridized carbons (Fsp3) is 0.533. The molecule has 0 spiro atoms. The quantitative estimate of drug-likeness (QED) is 0.746. The van der Waals surface area contributed by atoms with Crippen molar-refractivity contribution in [2.24, 2.45) is 0 Å². The van der Waals surface area contributed by atoms with E-state index in [-0.39, 0.29) is 30.6 Å². The summed E-state index contributed by atoms with van der Waals surface area (Å²) in [5.41, 5.74) is 0.945. The first kappa shape index (κ1) is 18.4. The fourth-order valence-corrected chi connectivity index (χ4v) is 3.94. The highest BCUT2D eigenvalue weighted by Crippen LogP contribution is 2.28. The maximum atomic E-state index is 12.7. The summed E-state index contributed by atoms with van der Waals surface area (Å²) >= 11 is 0. The molecule has 10 nitrogen and oxygen atoms in total. The molecule has 3 heterocycles. The molecule has 0 aromatic carbocycles. The topological polar surface area (TPSA) is 122 Å². The molecule has 0 saturated carbocycles. The second kappa shape index (κ2) is 7.08. The van der Waals surface area contributed by atoms with E-state index in [1.807, 2.05) is 0 Å². The van der Waals surface area contributed by atoms with Crippen molar-refractivity contribution in [3.63, 3.8) is 0 Å². The normalized spacial score (nSPS) is 19.3. The van der Waals surface area contributed by atoms with Gasteiger partial charge in [0.2, 0.25) is 15.9 Å². The first-order chi connectivity index (χ1) is 12.3. The van der Waals surface area contributed by atoms with E-state index in [1.54, 1.807) is 18.7 Å². The zero-order chi connectivity index (χ0) is 18.9. The van der Waals surface area contributed by atoms with Gasteiger partial charge in [0.25, 0.3) is 5.91 Å². The van der Waals surface area contributed by atoms with Gasteiger partial charge in [-0.2, -0.15) is 9.29 Å². The Bertz CT molecular complexity index is 895. The lowest BCUT2D eigenvalue weighted by Crippen LogP contribution is -2.38. The summed E-state index contributed by atoms with van der Waals surface area (Å²) in [6.07, 6.45) is 4.43. The summed E-state index contributed by atoms with van der Waals surface area (Å²) in [4.78, 5) is 26.6. The SMILES string of the molecule is Cc1cnc(C(=O)N2CCC(c3nc(C)no3)N(S(C)(=O)=O)CC2)cn1. The van der Waals surface area contributed by atoms with Crippen molar-refractivity contribution in [3.05, 3.63) is 35.5 Å². The average molecular weight is 380 g/mol. The van der Waals surface area contributed by atoms with Crippen molar-refractivity contribution in [2.45, 2.75) is 26.3 Å². The van der Waals surface area contributed by atoms with Gasteiger partial charge in [0.05, 0.1) is 18.1 Å². The Hall–Kier alpha value is -2.40. The molecule has 0 bridgehead atoms. The Balaban J connectivity index is 1.84. The Morgan fingerprint density at radius 1 is 1.19 bits per heavy atom. The third-order valence-electron chi connectivity index (χ3n) is 4.15. The zero-order valence-corrected chi connectivity index (χ0v) is 15.6. The molecule has 1 saturated heterocycles. The number of aryl methyl sites for hydroxylation is 2. The Morgan fingerprint density at radius 2 is 1.96 bits per heavy atom. The summed E-state index contributed by atoms with van der Waals surface area (Å²) in [6.45, 7) is 4.17. The zero-order valence-electron chi connectivity index (χ0n) is 14.8. The molecule has 1 amide bonds. The number of carbonyl (C=O) groups excluding carboxylic acids is 1. The van der Waals surface area contributed by atoms with Gasteiger partial charge in [-0.05, 0) is 20.3 Å². The average Bonchev–Trinajstić information content (AvgIpc) is 2.88. The molecule has 140 valence electrons.